The smallest absolute Gasteiger partial charge is 0.405 e. The van der Waals surface area contributed by atoms with Crippen molar-refractivity contribution in [3.05, 3.63) is 46.8 Å². The molecule has 0 bridgehead atoms. The van der Waals surface area contributed by atoms with Crippen LogP contribution < -0.4 is 10.1 Å². The Labute approximate surface area is 190 Å². The number of hydrogen-bond acceptors (Lipinski definition) is 5. The average Bonchev–Trinajstić information content (AvgIpc) is 3.15. The van der Waals surface area contributed by atoms with Crippen LogP contribution in [0.2, 0.25) is 0 Å². The van der Waals surface area contributed by atoms with Crippen molar-refractivity contribution in [2.45, 2.75) is 58.1 Å². The van der Waals surface area contributed by atoms with E-state index >= 15 is 0 Å². The van der Waals surface area contributed by atoms with Gasteiger partial charge in [-0.05, 0) is 31.7 Å². The molecule has 1 unspecified atom stereocenters. The summed E-state index contributed by atoms with van der Waals surface area (Å²) in [6.07, 6.45) is -1.64. The van der Waals surface area contributed by atoms with Gasteiger partial charge < -0.3 is 19.7 Å². The Kier molecular flexibility index (Phi) is 7.23. The third kappa shape index (κ3) is 5.67. The Morgan fingerprint density at radius 2 is 2.03 bits per heavy atom. The fourth-order valence-electron chi connectivity index (χ4n) is 4.48. The quantitative estimate of drug-likeness (QED) is 0.678. The van der Waals surface area contributed by atoms with Gasteiger partial charge in [0.2, 0.25) is 0 Å². The summed E-state index contributed by atoms with van der Waals surface area (Å²) >= 11 is 0. The molecule has 1 saturated heterocycles. The Balaban J connectivity index is 1.49. The molecule has 0 radical (unpaired) electrons. The lowest BCUT2D eigenvalue weighted by Gasteiger charge is -2.28. The van der Waals surface area contributed by atoms with Gasteiger partial charge >= 0.3 is 6.36 Å². The van der Waals surface area contributed by atoms with E-state index < -0.39 is 6.36 Å². The molecule has 1 aromatic carbocycles. The summed E-state index contributed by atoms with van der Waals surface area (Å²) in [6.45, 7) is 5.20. The topological polar surface area (TPSA) is 68.6 Å². The van der Waals surface area contributed by atoms with E-state index in [1.165, 1.54) is 12.1 Å². The molecule has 1 aliphatic carbocycles. The first-order valence-corrected chi connectivity index (χ1v) is 11.4. The van der Waals surface area contributed by atoms with Crippen LogP contribution in [0.25, 0.3) is 0 Å². The van der Waals surface area contributed by atoms with Gasteiger partial charge in [-0.15, -0.1) is 13.2 Å². The molecule has 180 valence electrons. The van der Waals surface area contributed by atoms with Crippen molar-refractivity contribution in [3.8, 4) is 5.75 Å². The third-order valence-corrected chi connectivity index (χ3v) is 6.06. The third-order valence-electron chi connectivity index (χ3n) is 6.06. The van der Waals surface area contributed by atoms with Crippen molar-refractivity contribution in [2.24, 2.45) is 0 Å². The molecule has 0 saturated carbocycles. The normalized spacial score (nSPS) is 18.8. The number of fused-ring (bicyclic) bond motifs is 1. The van der Waals surface area contributed by atoms with E-state index in [0.29, 0.717) is 44.0 Å². The highest BCUT2D eigenvalue weighted by molar-refractivity contribution is 5.94. The minimum Gasteiger partial charge on any atom is -0.405 e. The fraction of sp³-hybridized carbons (Fsp3) is 0.565. The summed E-state index contributed by atoms with van der Waals surface area (Å²) in [4.78, 5) is 15.0. The van der Waals surface area contributed by atoms with Gasteiger partial charge in [0.15, 0.2) is 5.69 Å². The second-order valence-electron chi connectivity index (χ2n) is 8.38. The number of rotatable bonds is 7. The molecule has 4 rings (SSSR count). The number of benzene rings is 1. The standard InChI is InChI=1S/C23H29F3N4O3/c1-2-9-30-19-8-7-17(27-15-16-5-3-4-6-20(16)33-23(24,25)26)14-18(19)21(28-30)22(31)29-10-12-32-13-11-29/h3-6,17,27H,2,7-15H2,1H3. The number of morpholine rings is 1. The number of ether oxygens (including phenoxy) is 2. The number of halogens is 3. The second-order valence-corrected chi connectivity index (χ2v) is 8.38. The number of amides is 1. The molecule has 1 aromatic heterocycles. The Bertz CT molecular complexity index is 970. The van der Waals surface area contributed by atoms with Gasteiger partial charge in [-0.25, -0.2) is 0 Å². The van der Waals surface area contributed by atoms with Crippen LogP contribution in [-0.2, 0) is 30.7 Å². The lowest BCUT2D eigenvalue weighted by Crippen LogP contribution is -2.41. The highest BCUT2D eigenvalue weighted by Crippen LogP contribution is 2.29. The zero-order valence-corrected chi connectivity index (χ0v) is 18.7. The molecular weight excluding hydrogens is 437 g/mol. The summed E-state index contributed by atoms with van der Waals surface area (Å²) in [5.74, 6) is -0.276. The molecule has 1 atom stereocenters. The van der Waals surface area contributed by atoms with Crippen LogP contribution in [0.3, 0.4) is 0 Å². The van der Waals surface area contributed by atoms with E-state index in [1.54, 1.807) is 17.0 Å². The highest BCUT2D eigenvalue weighted by atomic mass is 19.4. The van der Waals surface area contributed by atoms with Crippen molar-refractivity contribution >= 4 is 5.91 Å². The van der Waals surface area contributed by atoms with Crippen molar-refractivity contribution in [2.75, 3.05) is 26.3 Å². The molecular formula is C23H29F3N4O3. The predicted octanol–water partition coefficient (Wildman–Crippen LogP) is 3.31. The van der Waals surface area contributed by atoms with E-state index in [-0.39, 0.29) is 24.2 Å². The molecule has 1 amide bonds. The van der Waals surface area contributed by atoms with E-state index in [4.69, 9.17) is 4.74 Å². The first-order chi connectivity index (χ1) is 15.9. The maximum absolute atomic E-state index is 13.2. The first kappa shape index (κ1) is 23.6. The summed E-state index contributed by atoms with van der Waals surface area (Å²) < 4.78 is 49.7. The van der Waals surface area contributed by atoms with Crippen LogP contribution in [-0.4, -0.2) is 59.3 Å². The van der Waals surface area contributed by atoms with Gasteiger partial charge in [0.05, 0.1) is 13.2 Å². The van der Waals surface area contributed by atoms with Crippen molar-refractivity contribution in [1.82, 2.24) is 20.0 Å². The maximum atomic E-state index is 13.2. The van der Waals surface area contributed by atoms with Crippen LogP contribution in [0, 0.1) is 0 Å². The zero-order valence-electron chi connectivity index (χ0n) is 18.7. The fourth-order valence-corrected chi connectivity index (χ4v) is 4.48. The van der Waals surface area contributed by atoms with Crippen LogP contribution >= 0.6 is 0 Å². The van der Waals surface area contributed by atoms with Gasteiger partial charge in [0, 0.05) is 49.0 Å². The Morgan fingerprint density at radius 1 is 1.27 bits per heavy atom. The molecule has 2 aliphatic rings. The number of nitrogens with zero attached hydrogens (tertiary/aromatic N) is 3. The van der Waals surface area contributed by atoms with E-state index in [9.17, 15) is 18.0 Å². The number of carbonyl (C=O) groups excluding carboxylic acids is 1. The lowest BCUT2D eigenvalue weighted by molar-refractivity contribution is -0.274. The van der Waals surface area contributed by atoms with Gasteiger partial charge in [-0.3, -0.25) is 9.48 Å². The van der Waals surface area contributed by atoms with Crippen molar-refractivity contribution in [1.29, 1.82) is 0 Å². The van der Waals surface area contributed by atoms with E-state index in [1.807, 2.05) is 4.68 Å². The molecule has 2 heterocycles. The number of para-hydroxylation sites is 1. The second kappa shape index (κ2) is 10.1. The maximum Gasteiger partial charge on any atom is 0.573 e. The molecule has 10 heteroatoms. The van der Waals surface area contributed by atoms with Crippen molar-refractivity contribution in [3.63, 3.8) is 0 Å². The van der Waals surface area contributed by atoms with Gasteiger partial charge in [0.1, 0.15) is 5.75 Å². The summed E-state index contributed by atoms with van der Waals surface area (Å²) in [5, 5.41) is 8.04. The molecule has 1 fully saturated rings. The van der Waals surface area contributed by atoms with Crippen LogP contribution in [0.4, 0.5) is 13.2 Å². The predicted molar refractivity (Wildman–Crippen MR) is 115 cm³/mol. The van der Waals surface area contributed by atoms with E-state index in [0.717, 1.165) is 37.1 Å². The summed E-state index contributed by atoms with van der Waals surface area (Å²) in [7, 11) is 0. The van der Waals surface area contributed by atoms with E-state index in [2.05, 4.69) is 22.1 Å². The van der Waals surface area contributed by atoms with Gasteiger partial charge in [-0.1, -0.05) is 25.1 Å². The van der Waals surface area contributed by atoms with Crippen molar-refractivity contribution < 1.29 is 27.4 Å². The number of carbonyl (C=O) groups is 1. The largest absolute Gasteiger partial charge is 0.573 e. The SMILES string of the molecule is CCCn1nc(C(=O)N2CCOCC2)c2c1CCC(NCc1ccccc1OC(F)(F)F)C2. The molecule has 33 heavy (non-hydrogen) atoms. The molecule has 0 spiro atoms. The first-order valence-electron chi connectivity index (χ1n) is 11.4. The number of alkyl halides is 3. The Hall–Kier alpha value is -2.59. The summed E-state index contributed by atoms with van der Waals surface area (Å²) in [6, 6.07) is 6.16. The zero-order chi connectivity index (χ0) is 23.4. The molecule has 1 aliphatic heterocycles. The number of nitrogens with one attached hydrogen (secondary N) is 1. The van der Waals surface area contributed by atoms with Gasteiger partial charge in [0.25, 0.3) is 5.91 Å². The van der Waals surface area contributed by atoms with Crippen LogP contribution in [0.15, 0.2) is 24.3 Å². The van der Waals surface area contributed by atoms with Gasteiger partial charge in [-0.2, -0.15) is 5.10 Å². The molecule has 7 nitrogen and oxygen atoms in total. The highest BCUT2D eigenvalue weighted by Gasteiger charge is 2.33. The van der Waals surface area contributed by atoms with Crippen LogP contribution in [0.1, 0.15) is 47.1 Å². The minimum absolute atomic E-state index is 0.0203. The number of aryl methyl sites for hydroxylation is 1. The summed E-state index contributed by atoms with van der Waals surface area (Å²) in [5.41, 5.74) is 2.97. The number of aromatic nitrogens is 2. The van der Waals surface area contributed by atoms with Crippen LogP contribution in [0.5, 0.6) is 5.75 Å². The lowest BCUT2D eigenvalue weighted by atomic mass is 9.90. The monoisotopic (exact) mass is 466 g/mol. The Morgan fingerprint density at radius 3 is 2.76 bits per heavy atom. The average molecular weight is 467 g/mol. The molecule has 2 aromatic rings. The number of hydrogen-bond donors (Lipinski definition) is 1. The minimum atomic E-state index is -4.74. The molecule has 1 N–H and O–H groups in total.